The maximum Gasteiger partial charge on any atom is 0.310 e. The highest BCUT2D eigenvalue weighted by atomic mass is 35.5. The molecular formula is C18H21ClN4O3. The van der Waals surface area contributed by atoms with Gasteiger partial charge in [0, 0.05) is 11.4 Å². The Hall–Kier alpha value is -2.41. The third-order valence-corrected chi connectivity index (χ3v) is 5.15. The standard InChI is InChI=1S/C18H21ClN4O3/c19-13-5-6-15(23-12-20-11-21-23)14(9-13)22-16(24)10-18(17(25)26)7-3-1-2-4-8-18/h5-6,9,11-12H,1-4,7-8,10H2,(H,22,24)(H,25,26). The molecule has 8 heteroatoms. The van der Waals surface area contributed by atoms with Crippen LogP contribution in [0.1, 0.15) is 44.9 Å². The van der Waals surface area contributed by atoms with Gasteiger partial charge in [-0.2, -0.15) is 5.10 Å². The zero-order chi connectivity index (χ0) is 18.6. The van der Waals surface area contributed by atoms with Crippen molar-refractivity contribution in [2.24, 2.45) is 5.41 Å². The molecule has 0 bridgehead atoms. The molecule has 3 rings (SSSR count). The van der Waals surface area contributed by atoms with Crippen LogP contribution in [0.4, 0.5) is 5.69 Å². The molecule has 1 heterocycles. The molecular weight excluding hydrogens is 356 g/mol. The number of carboxylic acid groups (broad SMARTS) is 1. The number of aliphatic carboxylic acids is 1. The van der Waals surface area contributed by atoms with E-state index in [0.29, 0.717) is 29.2 Å². The Kier molecular flexibility index (Phi) is 5.56. The lowest BCUT2D eigenvalue weighted by molar-refractivity contribution is -0.152. The largest absolute Gasteiger partial charge is 0.481 e. The van der Waals surface area contributed by atoms with Crippen LogP contribution in [0.15, 0.2) is 30.9 Å². The van der Waals surface area contributed by atoms with Crippen LogP contribution in [0.25, 0.3) is 5.69 Å². The molecule has 26 heavy (non-hydrogen) atoms. The number of anilines is 1. The number of benzene rings is 1. The van der Waals surface area contributed by atoms with Crippen molar-refractivity contribution in [2.75, 3.05) is 5.32 Å². The first kappa shape index (κ1) is 18.4. The van der Waals surface area contributed by atoms with Crippen molar-refractivity contribution in [1.29, 1.82) is 0 Å². The summed E-state index contributed by atoms with van der Waals surface area (Å²) < 4.78 is 1.52. The number of amides is 1. The third kappa shape index (κ3) is 4.04. The van der Waals surface area contributed by atoms with Crippen LogP contribution in [0.2, 0.25) is 5.02 Å². The van der Waals surface area contributed by atoms with Gasteiger partial charge in [0.25, 0.3) is 0 Å². The quantitative estimate of drug-likeness (QED) is 0.776. The van der Waals surface area contributed by atoms with Gasteiger partial charge in [-0.15, -0.1) is 0 Å². The lowest BCUT2D eigenvalue weighted by Crippen LogP contribution is -2.35. The summed E-state index contributed by atoms with van der Waals surface area (Å²) in [5, 5.41) is 17.1. The van der Waals surface area contributed by atoms with Crippen LogP contribution >= 0.6 is 11.6 Å². The maximum atomic E-state index is 12.7. The van der Waals surface area contributed by atoms with Gasteiger partial charge in [-0.25, -0.2) is 9.67 Å². The van der Waals surface area contributed by atoms with Crippen LogP contribution in [0.3, 0.4) is 0 Å². The van der Waals surface area contributed by atoms with Gasteiger partial charge in [-0.1, -0.05) is 37.3 Å². The fraction of sp³-hybridized carbons (Fsp3) is 0.444. The average Bonchev–Trinajstić information content (AvgIpc) is 3.01. The first-order valence-electron chi connectivity index (χ1n) is 8.68. The van der Waals surface area contributed by atoms with E-state index < -0.39 is 11.4 Å². The molecule has 2 N–H and O–H groups in total. The van der Waals surface area contributed by atoms with E-state index >= 15 is 0 Å². The number of hydrogen-bond acceptors (Lipinski definition) is 4. The minimum atomic E-state index is -0.993. The monoisotopic (exact) mass is 376 g/mol. The van der Waals surface area contributed by atoms with Gasteiger partial charge in [0.15, 0.2) is 0 Å². The highest BCUT2D eigenvalue weighted by molar-refractivity contribution is 6.31. The van der Waals surface area contributed by atoms with Gasteiger partial charge < -0.3 is 10.4 Å². The van der Waals surface area contributed by atoms with E-state index in [0.717, 1.165) is 25.7 Å². The van der Waals surface area contributed by atoms with Crippen molar-refractivity contribution in [3.05, 3.63) is 35.9 Å². The Bertz CT molecular complexity index is 784. The summed E-state index contributed by atoms with van der Waals surface area (Å²) in [6, 6.07) is 5.04. The van der Waals surface area contributed by atoms with E-state index in [4.69, 9.17) is 11.6 Å². The Labute approximate surface area is 156 Å². The molecule has 138 valence electrons. The fourth-order valence-electron chi connectivity index (χ4n) is 3.51. The van der Waals surface area contributed by atoms with E-state index in [1.165, 1.54) is 17.3 Å². The molecule has 1 aromatic heterocycles. The van der Waals surface area contributed by atoms with Crippen LogP contribution in [0, 0.1) is 5.41 Å². The van der Waals surface area contributed by atoms with Crippen molar-refractivity contribution in [3.63, 3.8) is 0 Å². The summed E-state index contributed by atoms with van der Waals surface area (Å²) >= 11 is 6.06. The summed E-state index contributed by atoms with van der Waals surface area (Å²) in [4.78, 5) is 28.5. The maximum absolute atomic E-state index is 12.7. The molecule has 0 radical (unpaired) electrons. The summed E-state index contributed by atoms with van der Waals surface area (Å²) in [6.07, 6.45) is 7.62. The summed E-state index contributed by atoms with van der Waals surface area (Å²) in [6.45, 7) is 0. The average molecular weight is 377 g/mol. The molecule has 1 saturated carbocycles. The third-order valence-electron chi connectivity index (χ3n) is 4.91. The summed E-state index contributed by atoms with van der Waals surface area (Å²) in [5.41, 5.74) is 0.0969. The van der Waals surface area contributed by atoms with E-state index in [2.05, 4.69) is 15.4 Å². The molecule has 1 amide bonds. The second kappa shape index (κ2) is 7.86. The number of nitrogens with one attached hydrogen (secondary N) is 1. The van der Waals surface area contributed by atoms with Gasteiger partial charge in [-0.05, 0) is 31.0 Å². The first-order chi connectivity index (χ1) is 12.5. The Morgan fingerprint density at radius 1 is 1.23 bits per heavy atom. The van der Waals surface area contributed by atoms with Crippen molar-refractivity contribution < 1.29 is 14.7 Å². The molecule has 1 aliphatic carbocycles. The second-order valence-corrected chi connectivity index (χ2v) is 7.16. The second-order valence-electron chi connectivity index (χ2n) is 6.73. The van der Waals surface area contributed by atoms with Gasteiger partial charge in [0.1, 0.15) is 12.7 Å². The van der Waals surface area contributed by atoms with Crippen LogP contribution in [-0.2, 0) is 9.59 Å². The molecule has 7 nitrogen and oxygen atoms in total. The zero-order valence-electron chi connectivity index (χ0n) is 14.3. The molecule has 0 unspecified atom stereocenters. The predicted octanol–water partition coefficient (Wildman–Crippen LogP) is 3.67. The van der Waals surface area contributed by atoms with Gasteiger partial charge in [0.05, 0.1) is 16.8 Å². The van der Waals surface area contributed by atoms with Gasteiger partial charge in [0.2, 0.25) is 5.91 Å². The first-order valence-corrected chi connectivity index (χ1v) is 9.06. The van der Waals surface area contributed by atoms with Crippen molar-refractivity contribution in [2.45, 2.75) is 44.9 Å². The number of halogens is 1. The minimum Gasteiger partial charge on any atom is -0.481 e. The highest BCUT2D eigenvalue weighted by Crippen LogP contribution is 2.39. The topological polar surface area (TPSA) is 97.1 Å². The lowest BCUT2D eigenvalue weighted by atomic mass is 9.77. The SMILES string of the molecule is O=C(CC1(C(=O)O)CCCCCC1)Nc1cc(Cl)ccc1-n1cncn1. The summed E-state index contributed by atoms with van der Waals surface area (Å²) in [5.74, 6) is -1.23. The molecule has 0 saturated heterocycles. The van der Waals surface area contributed by atoms with Crippen molar-refractivity contribution >= 4 is 29.2 Å². The van der Waals surface area contributed by atoms with E-state index in [9.17, 15) is 14.7 Å². The van der Waals surface area contributed by atoms with Crippen LogP contribution in [0.5, 0.6) is 0 Å². The smallest absolute Gasteiger partial charge is 0.310 e. The number of carboxylic acids is 1. The number of rotatable bonds is 5. The predicted molar refractivity (Wildman–Crippen MR) is 97.4 cm³/mol. The Balaban J connectivity index is 1.81. The van der Waals surface area contributed by atoms with Crippen LogP contribution in [-0.4, -0.2) is 31.7 Å². The molecule has 1 fully saturated rings. The normalized spacial score (nSPS) is 16.7. The van der Waals surface area contributed by atoms with Gasteiger partial charge >= 0.3 is 5.97 Å². The highest BCUT2D eigenvalue weighted by Gasteiger charge is 2.40. The van der Waals surface area contributed by atoms with Crippen molar-refractivity contribution in [1.82, 2.24) is 14.8 Å². The molecule has 0 atom stereocenters. The minimum absolute atomic E-state index is 0.0500. The van der Waals surface area contributed by atoms with E-state index in [1.807, 2.05) is 0 Å². The van der Waals surface area contributed by atoms with E-state index in [1.54, 1.807) is 18.2 Å². The van der Waals surface area contributed by atoms with E-state index in [-0.39, 0.29) is 12.3 Å². The fourth-order valence-corrected chi connectivity index (χ4v) is 3.69. The number of carbonyl (C=O) groups is 2. The van der Waals surface area contributed by atoms with Gasteiger partial charge in [-0.3, -0.25) is 9.59 Å². The molecule has 2 aromatic rings. The molecule has 0 spiro atoms. The number of hydrogen-bond donors (Lipinski definition) is 2. The van der Waals surface area contributed by atoms with Crippen molar-refractivity contribution in [3.8, 4) is 5.69 Å². The lowest BCUT2D eigenvalue weighted by Gasteiger charge is -2.27. The molecule has 1 aliphatic rings. The number of nitrogens with zero attached hydrogens (tertiary/aromatic N) is 3. The zero-order valence-corrected chi connectivity index (χ0v) is 15.1. The molecule has 0 aliphatic heterocycles. The number of carbonyl (C=O) groups excluding carboxylic acids is 1. The number of aromatic nitrogens is 3. The van der Waals surface area contributed by atoms with Crippen LogP contribution < -0.4 is 5.32 Å². The Morgan fingerprint density at radius 2 is 1.96 bits per heavy atom. The molecule has 1 aromatic carbocycles. The Morgan fingerprint density at radius 3 is 2.58 bits per heavy atom. The summed E-state index contributed by atoms with van der Waals surface area (Å²) in [7, 11) is 0.